The highest BCUT2D eigenvalue weighted by molar-refractivity contribution is 6.04. The molecule has 2 aliphatic rings. The van der Waals surface area contributed by atoms with Crippen LogP contribution in [0.25, 0.3) is 0 Å². The number of nitrogens with zero attached hydrogens (tertiary/aromatic N) is 2. The number of carbonyl (C=O) groups excluding carboxylic acids is 2. The van der Waals surface area contributed by atoms with Crippen molar-refractivity contribution in [2.45, 2.75) is 51.9 Å². The molecule has 8 nitrogen and oxygen atoms in total. The fourth-order valence-corrected chi connectivity index (χ4v) is 4.59. The Morgan fingerprint density at radius 2 is 1.87 bits per heavy atom. The summed E-state index contributed by atoms with van der Waals surface area (Å²) in [6.07, 6.45) is 8.49. The molecule has 204 valence electrons. The van der Waals surface area contributed by atoms with E-state index in [9.17, 15) is 9.59 Å². The minimum atomic E-state index is -0.183. The van der Waals surface area contributed by atoms with Crippen LogP contribution in [-0.4, -0.2) is 62.6 Å². The molecule has 1 unspecified atom stereocenters. The highest BCUT2D eigenvalue weighted by Gasteiger charge is 2.23. The number of amides is 1. The van der Waals surface area contributed by atoms with E-state index in [2.05, 4.69) is 17.3 Å². The molecule has 1 atom stereocenters. The average molecular weight is 522 g/mol. The number of esters is 1. The number of ether oxygens (including phenoxy) is 3. The number of hydrogen-bond acceptors (Lipinski definition) is 7. The SMILES string of the molecule is CCCCCCCOC(=O)CC1COc2ccc(NC(=O)c3ccc(/C=N/N4CCOCC4)cc3)cc2C1. The predicted octanol–water partition coefficient (Wildman–Crippen LogP) is 5.06. The van der Waals surface area contributed by atoms with Crippen molar-refractivity contribution in [1.82, 2.24) is 5.01 Å². The third-order valence-corrected chi connectivity index (χ3v) is 6.80. The number of carbonyl (C=O) groups is 2. The first kappa shape index (κ1) is 27.6. The van der Waals surface area contributed by atoms with Crippen LogP contribution in [0.1, 0.15) is 66.9 Å². The molecule has 4 rings (SSSR count). The topological polar surface area (TPSA) is 89.5 Å². The summed E-state index contributed by atoms with van der Waals surface area (Å²) in [6.45, 7) is 6.12. The molecular formula is C30H39N3O5. The van der Waals surface area contributed by atoms with E-state index in [0.717, 1.165) is 42.8 Å². The van der Waals surface area contributed by atoms with Crippen LogP contribution in [0.2, 0.25) is 0 Å². The fraction of sp³-hybridized carbons (Fsp3) is 0.500. The highest BCUT2D eigenvalue weighted by atomic mass is 16.5. The van der Waals surface area contributed by atoms with Gasteiger partial charge in [0.1, 0.15) is 5.75 Å². The molecule has 2 aliphatic heterocycles. The van der Waals surface area contributed by atoms with Gasteiger partial charge in [0, 0.05) is 17.2 Å². The van der Waals surface area contributed by atoms with E-state index >= 15 is 0 Å². The molecule has 2 aromatic rings. The number of morpholine rings is 1. The monoisotopic (exact) mass is 521 g/mol. The van der Waals surface area contributed by atoms with Gasteiger partial charge in [0.25, 0.3) is 5.91 Å². The molecule has 38 heavy (non-hydrogen) atoms. The molecule has 2 aromatic carbocycles. The standard InChI is InChI=1S/C30H39N3O5/c1-2-3-4-5-6-15-37-29(34)19-24-18-26-20-27(11-12-28(26)38-22-24)32-30(35)25-9-7-23(8-10-25)21-31-33-13-16-36-17-14-33/h7-12,20-21,24H,2-6,13-19,22H2,1H3,(H,32,35)/b31-21+. The van der Waals surface area contributed by atoms with Gasteiger partial charge in [-0.2, -0.15) is 5.10 Å². The number of hydrogen-bond donors (Lipinski definition) is 1. The molecule has 0 aromatic heterocycles. The van der Waals surface area contributed by atoms with E-state index in [-0.39, 0.29) is 17.8 Å². The fourth-order valence-electron chi connectivity index (χ4n) is 4.59. The van der Waals surface area contributed by atoms with Gasteiger partial charge in [-0.1, -0.05) is 44.7 Å². The maximum atomic E-state index is 12.8. The van der Waals surface area contributed by atoms with Crippen LogP contribution < -0.4 is 10.1 Å². The lowest BCUT2D eigenvalue weighted by Crippen LogP contribution is -2.32. The van der Waals surface area contributed by atoms with Crippen LogP contribution >= 0.6 is 0 Å². The van der Waals surface area contributed by atoms with Crippen molar-refractivity contribution >= 4 is 23.8 Å². The van der Waals surface area contributed by atoms with Crippen molar-refractivity contribution in [3.05, 3.63) is 59.2 Å². The Bertz CT molecular complexity index is 1080. The zero-order chi connectivity index (χ0) is 26.6. The van der Waals surface area contributed by atoms with Crippen LogP contribution in [-0.2, 0) is 20.7 Å². The van der Waals surface area contributed by atoms with E-state index in [0.29, 0.717) is 50.5 Å². The van der Waals surface area contributed by atoms with Gasteiger partial charge in [0.15, 0.2) is 0 Å². The molecular weight excluding hydrogens is 482 g/mol. The lowest BCUT2D eigenvalue weighted by Gasteiger charge is -2.25. The summed E-state index contributed by atoms with van der Waals surface area (Å²) >= 11 is 0. The summed E-state index contributed by atoms with van der Waals surface area (Å²) < 4.78 is 16.6. The number of benzene rings is 2. The molecule has 0 aliphatic carbocycles. The van der Waals surface area contributed by atoms with Gasteiger partial charge in [-0.3, -0.25) is 14.6 Å². The maximum absolute atomic E-state index is 12.8. The molecule has 1 fully saturated rings. The Balaban J connectivity index is 1.25. The second-order valence-electron chi connectivity index (χ2n) is 9.93. The Morgan fingerprint density at radius 1 is 1.08 bits per heavy atom. The van der Waals surface area contributed by atoms with Gasteiger partial charge in [-0.05, 0) is 54.3 Å². The molecule has 2 heterocycles. The van der Waals surface area contributed by atoms with Crippen molar-refractivity contribution < 1.29 is 23.8 Å². The van der Waals surface area contributed by atoms with Gasteiger partial charge in [0.2, 0.25) is 0 Å². The van der Waals surface area contributed by atoms with Gasteiger partial charge in [-0.15, -0.1) is 0 Å². The first-order chi connectivity index (χ1) is 18.6. The van der Waals surface area contributed by atoms with Crippen molar-refractivity contribution in [2.24, 2.45) is 11.0 Å². The van der Waals surface area contributed by atoms with E-state index in [1.165, 1.54) is 19.3 Å². The molecule has 8 heteroatoms. The van der Waals surface area contributed by atoms with Crippen LogP contribution in [0.3, 0.4) is 0 Å². The lowest BCUT2D eigenvalue weighted by atomic mass is 9.93. The molecule has 1 saturated heterocycles. The first-order valence-corrected chi connectivity index (χ1v) is 13.8. The van der Waals surface area contributed by atoms with Crippen molar-refractivity contribution in [3.63, 3.8) is 0 Å². The summed E-state index contributed by atoms with van der Waals surface area (Å²) in [4.78, 5) is 25.1. The van der Waals surface area contributed by atoms with Crippen LogP contribution in [0.15, 0.2) is 47.6 Å². The Hall–Kier alpha value is -3.39. The second-order valence-corrected chi connectivity index (χ2v) is 9.93. The Labute approximate surface area is 225 Å². The summed E-state index contributed by atoms with van der Waals surface area (Å²) in [5.41, 5.74) is 3.18. The van der Waals surface area contributed by atoms with Crippen molar-refractivity contribution in [1.29, 1.82) is 0 Å². The van der Waals surface area contributed by atoms with Gasteiger partial charge >= 0.3 is 5.97 Å². The number of hydrazone groups is 1. The third-order valence-electron chi connectivity index (χ3n) is 6.80. The molecule has 0 saturated carbocycles. The minimum Gasteiger partial charge on any atom is -0.493 e. The van der Waals surface area contributed by atoms with Crippen LogP contribution in [0.5, 0.6) is 5.75 Å². The van der Waals surface area contributed by atoms with Gasteiger partial charge < -0.3 is 19.5 Å². The normalized spacial score (nSPS) is 17.1. The molecule has 1 amide bonds. The smallest absolute Gasteiger partial charge is 0.306 e. The van der Waals surface area contributed by atoms with Gasteiger partial charge in [-0.25, -0.2) is 0 Å². The van der Waals surface area contributed by atoms with E-state index in [1.807, 2.05) is 35.3 Å². The number of anilines is 1. The van der Waals surface area contributed by atoms with Crippen molar-refractivity contribution in [3.8, 4) is 5.75 Å². The summed E-state index contributed by atoms with van der Waals surface area (Å²) in [6, 6.07) is 13.0. The molecule has 0 spiro atoms. The third kappa shape index (κ3) is 8.58. The Morgan fingerprint density at radius 3 is 2.66 bits per heavy atom. The summed E-state index contributed by atoms with van der Waals surface area (Å²) in [5.74, 6) is 0.512. The summed E-state index contributed by atoms with van der Waals surface area (Å²) in [5, 5.41) is 9.43. The van der Waals surface area contributed by atoms with E-state index in [1.54, 1.807) is 18.3 Å². The molecule has 1 N–H and O–H groups in total. The highest BCUT2D eigenvalue weighted by Crippen LogP contribution is 2.31. The van der Waals surface area contributed by atoms with Crippen LogP contribution in [0.4, 0.5) is 5.69 Å². The lowest BCUT2D eigenvalue weighted by molar-refractivity contribution is -0.145. The number of nitrogens with one attached hydrogen (secondary N) is 1. The zero-order valence-corrected chi connectivity index (χ0v) is 22.3. The van der Waals surface area contributed by atoms with E-state index < -0.39 is 0 Å². The number of fused-ring (bicyclic) bond motifs is 1. The largest absolute Gasteiger partial charge is 0.493 e. The van der Waals surface area contributed by atoms with Crippen LogP contribution in [0, 0.1) is 5.92 Å². The maximum Gasteiger partial charge on any atom is 0.306 e. The zero-order valence-electron chi connectivity index (χ0n) is 22.3. The second kappa shape index (κ2) is 14.5. The first-order valence-electron chi connectivity index (χ1n) is 13.8. The number of rotatable bonds is 12. The minimum absolute atomic E-state index is 0.0627. The van der Waals surface area contributed by atoms with Crippen molar-refractivity contribution in [2.75, 3.05) is 44.8 Å². The molecule has 0 bridgehead atoms. The summed E-state index contributed by atoms with van der Waals surface area (Å²) in [7, 11) is 0. The number of unbranched alkanes of at least 4 members (excludes halogenated alkanes) is 4. The molecule has 0 radical (unpaired) electrons. The van der Waals surface area contributed by atoms with E-state index in [4.69, 9.17) is 14.2 Å². The average Bonchev–Trinajstić information content (AvgIpc) is 2.94. The quantitative estimate of drug-likeness (QED) is 0.239. The predicted molar refractivity (Wildman–Crippen MR) is 148 cm³/mol. The Kier molecular flexibility index (Phi) is 10.6. The van der Waals surface area contributed by atoms with Gasteiger partial charge in [0.05, 0.1) is 52.2 Å².